The Morgan fingerprint density at radius 2 is 1.85 bits per heavy atom. The largest absolute Gasteiger partial charge is 0.310 e. The van der Waals surface area contributed by atoms with Crippen molar-refractivity contribution in [1.29, 1.82) is 0 Å². The number of aromatic nitrogens is 1. The molecule has 1 atom stereocenters. The molecule has 1 unspecified atom stereocenters. The predicted octanol–water partition coefficient (Wildman–Crippen LogP) is 3.93. The van der Waals surface area contributed by atoms with E-state index in [0.29, 0.717) is 6.04 Å². The molecule has 0 spiro atoms. The van der Waals surface area contributed by atoms with E-state index < -0.39 is 0 Å². The van der Waals surface area contributed by atoms with E-state index in [4.69, 9.17) is 0 Å². The van der Waals surface area contributed by atoms with E-state index in [2.05, 4.69) is 54.5 Å². The maximum absolute atomic E-state index is 4.34. The van der Waals surface area contributed by atoms with E-state index in [1.807, 2.05) is 18.3 Å². The van der Waals surface area contributed by atoms with Crippen LogP contribution in [0.15, 0.2) is 48.7 Å². The third-order valence-corrected chi connectivity index (χ3v) is 3.58. The van der Waals surface area contributed by atoms with Gasteiger partial charge in [0.15, 0.2) is 0 Å². The number of nitrogens with zero attached hydrogens (tertiary/aromatic N) is 1. The fraction of sp³-hybridized carbons (Fsp3) is 0.389. The highest BCUT2D eigenvalue weighted by Gasteiger charge is 2.04. The Balaban J connectivity index is 1.80. The van der Waals surface area contributed by atoms with Crippen molar-refractivity contribution in [3.8, 4) is 0 Å². The Morgan fingerprint density at radius 1 is 1.05 bits per heavy atom. The Bertz CT molecular complexity index is 491. The van der Waals surface area contributed by atoms with Crippen LogP contribution in [0.1, 0.15) is 43.1 Å². The molecule has 1 heterocycles. The fourth-order valence-electron chi connectivity index (χ4n) is 2.34. The minimum Gasteiger partial charge on any atom is -0.310 e. The predicted molar refractivity (Wildman–Crippen MR) is 84.8 cm³/mol. The van der Waals surface area contributed by atoms with Gasteiger partial charge in [0, 0.05) is 30.9 Å². The van der Waals surface area contributed by atoms with Gasteiger partial charge in [-0.25, -0.2) is 0 Å². The molecule has 0 aliphatic carbocycles. The lowest BCUT2D eigenvalue weighted by Gasteiger charge is -2.14. The fourth-order valence-corrected chi connectivity index (χ4v) is 2.34. The van der Waals surface area contributed by atoms with Crippen LogP contribution in [0.4, 0.5) is 0 Å². The average molecular weight is 268 g/mol. The van der Waals surface area contributed by atoms with Gasteiger partial charge < -0.3 is 5.32 Å². The van der Waals surface area contributed by atoms with E-state index in [-0.39, 0.29) is 0 Å². The van der Waals surface area contributed by atoms with E-state index in [1.165, 1.54) is 24.0 Å². The summed E-state index contributed by atoms with van der Waals surface area (Å²) in [6, 6.07) is 15.4. The monoisotopic (exact) mass is 268 g/mol. The first-order valence-electron chi connectivity index (χ1n) is 7.51. The van der Waals surface area contributed by atoms with Crippen molar-refractivity contribution in [3.05, 3.63) is 65.5 Å². The Morgan fingerprint density at radius 3 is 2.50 bits per heavy atom. The molecule has 0 aliphatic rings. The SMILES string of the molecule is CCCc1ccc(C(C)NCCc2ccccn2)cc1. The van der Waals surface area contributed by atoms with Crippen LogP contribution < -0.4 is 5.32 Å². The third-order valence-electron chi connectivity index (χ3n) is 3.58. The molecular formula is C18H24N2. The van der Waals surface area contributed by atoms with Crippen LogP contribution in [0.25, 0.3) is 0 Å². The molecular weight excluding hydrogens is 244 g/mol. The van der Waals surface area contributed by atoms with Crippen LogP contribution in [0, 0.1) is 0 Å². The van der Waals surface area contributed by atoms with E-state index in [1.54, 1.807) is 0 Å². The number of hydrogen-bond acceptors (Lipinski definition) is 2. The first-order valence-corrected chi connectivity index (χ1v) is 7.51. The highest BCUT2D eigenvalue weighted by atomic mass is 14.9. The summed E-state index contributed by atoms with van der Waals surface area (Å²) in [4.78, 5) is 4.34. The van der Waals surface area contributed by atoms with Crippen molar-refractivity contribution >= 4 is 0 Å². The van der Waals surface area contributed by atoms with Gasteiger partial charge in [-0.15, -0.1) is 0 Å². The van der Waals surface area contributed by atoms with Gasteiger partial charge in [-0.3, -0.25) is 4.98 Å². The van der Waals surface area contributed by atoms with Gasteiger partial charge in [0.1, 0.15) is 0 Å². The molecule has 1 aromatic heterocycles. The van der Waals surface area contributed by atoms with Crippen LogP contribution in [-0.4, -0.2) is 11.5 Å². The van der Waals surface area contributed by atoms with Gasteiger partial charge in [0.2, 0.25) is 0 Å². The number of hydrogen-bond donors (Lipinski definition) is 1. The van der Waals surface area contributed by atoms with Crippen molar-refractivity contribution in [2.45, 2.75) is 39.2 Å². The normalized spacial score (nSPS) is 12.3. The average Bonchev–Trinajstić information content (AvgIpc) is 2.49. The highest BCUT2D eigenvalue weighted by Crippen LogP contribution is 2.14. The van der Waals surface area contributed by atoms with Crippen molar-refractivity contribution in [3.63, 3.8) is 0 Å². The molecule has 0 aliphatic heterocycles. The third kappa shape index (κ3) is 4.46. The summed E-state index contributed by atoms with van der Waals surface area (Å²) < 4.78 is 0. The molecule has 2 aromatic rings. The number of pyridine rings is 1. The van der Waals surface area contributed by atoms with Gasteiger partial charge in [-0.1, -0.05) is 43.7 Å². The van der Waals surface area contributed by atoms with Gasteiger partial charge in [0.05, 0.1) is 0 Å². The zero-order chi connectivity index (χ0) is 14.2. The van der Waals surface area contributed by atoms with Crippen LogP contribution in [0.2, 0.25) is 0 Å². The van der Waals surface area contributed by atoms with Crippen LogP contribution >= 0.6 is 0 Å². The van der Waals surface area contributed by atoms with Crippen LogP contribution in [-0.2, 0) is 12.8 Å². The number of benzene rings is 1. The molecule has 2 heteroatoms. The van der Waals surface area contributed by atoms with Crippen LogP contribution in [0.5, 0.6) is 0 Å². The molecule has 106 valence electrons. The molecule has 0 radical (unpaired) electrons. The highest BCUT2D eigenvalue weighted by molar-refractivity contribution is 5.24. The minimum atomic E-state index is 0.384. The topological polar surface area (TPSA) is 24.9 Å². The van der Waals surface area contributed by atoms with Crippen molar-refractivity contribution in [2.75, 3.05) is 6.54 Å². The van der Waals surface area contributed by atoms with Crippen molar-refractivity contribution < 1.29 is 0 Å². The number of aryl methyl sites for hydroxylation is 1. The Hall–Kier alpha value is -1.67. The number of nitrogens with one attached hydrogen (secondary N) is 1. The summed E-state index contributed by atoms with van der Waals surface area (Å²) in [6.07, 6.45) is 5.20. The minimum absolute atomic E-state index is 0.384. The summed E-state index contributed by atoms with van der Waals surface area (Å²) in [6.45, 7) is 5.39. The summed E-state index contributed by atoms with van der Waals surface area (Å²) in [5, 5.41) is 3.56. The second kappa shape index (κ2) is 7.81. The summed E-state index contributed by atoms with van der Waals surface area (Å²) >= 11 is 0. The summed E-state index contributed by atoms with van der Waals surface area (Å²) in [5.74, 6) is 0. The quantitative estimate of drug-likeness (QED) is 0.823. The molecule has 1 aromatic carbocycles. The summed E-state index contributed by atoms with van der Waals surface area (Å²) in [5.41, 5.74) is 3.92. The van der Waals surface area contributed by atoms with Gasteiger partial charge in [-0.2, -0.15) is 0 Å². The molecule has 0 saturated heterocycles. The van der Waals surface area contributed by atoms with Crippen molar-refractivity contribution in [1.82, 2.24) is 10.3 Å². The van der Waals surface area contributed by atoms with E-state index in [9.17, 15) is 0 Å². The van der Waals surface area contributed by atoms with Gasteiger partial charge >= 0.3 is 0 Å². The van der Waals surface area contributed by atoms with Crippen molar-refractivity contribution in [2.24, 2.45) is 0 Å². The van der Waals surface area contributed by atoms with Crippen LogP contribution in [0.3, 0.4) is 0 Å². The zero-order valence-corrected chi connectivity index (χ0v) is 12.5. The molecule has 2 rings (SSSR count). The lowest BCUT2D eigenvalue weighted by molar-refractivity contribution is 0.574. The maximum Gasteiger partial charge on any atom is 0.0416 e. The Labute approximate surface area is 122 Å². The first kappa shape index (κ1) is 14.7. The van der Waals surface area contributed by atoms with Gasteiger partial charge in [0.25, 0.3) is 0 Å². The second-order valence-electron chi connectivity index (χ2n) is 5.24. The van der Waals surface area contributed by atoms with E-state index >= 15 is 0 Å². The van der Waals surface area contributed by atoms with E-state index in [0.717, 1.165) is 18.7 Å². The lowest BCUT2D eigenvalue weighted by Crippen LogP contribution is -2.21. The molecule has 0 saturated carbocycles. The molecule has 0 amide bonds. The smallest absolute Gasteiger partial charge is 0.0416 e. The summed E-state index contributed by atoms with van der Waals surface area (Å²) in [7, 11) is 0. The second-order valence-corrected chi connectivity index (χ2v) is 5.24. The molecule has 0 bridgehead atoms. The molecule has 20 heavy (non-hydrogen) atoms. The molecule has 0 fully saturated rings. The molecule has 1 N–H and O–H groups in total. The number of rotatable bonds is 7. The zero-order valence-electron chi connectivity index (χ0n) is 12.5. The molecule has 2 nitrogen and oxygen atoms in total. The standard InChI is InChI=1S/C18H24N2/c1-3-6-16-8-10-17(11-9-16)15(2)19-14-12-18-7-4-5-13-20-18/h4-5,7-11,13,15,19H,3,6,12,14H2,1-2H3. The van der Waals surface area contributed by atoms with Gasteiger partial charge in [-0.05, 0) is 36.6 Å². The lowest BCUT2D eigenvalue weighted by atomic mass is 10.0. The maximum atomic E-state index is 4.34. The first-order chi connectivity index (χ1) is 9.79. The Kier molecular flexibility index (Phi) is 5.75.